The maximum atomic E-state index is 12.4. The lowest BCUT2D eigenvalue weighted by Gasteiger charge is -2.31. The number of likely N-dealkylation sites (tertiary alicyclic amines) is 1. The third kappa shape index (κ3) is 6.09. The summed E-state index contributed by atoms with van der Waals surface area (Å²) in [5.74, 6) is -0.791. The summed E-state index contributed by atoms with van der Waals surface area (Å²) >= 11 is 0. The topological polar surface area (TPSA) is 60.9 Å². The van der Waals surface area contributed by atoms with Gasteiger partial charge in [0.05, 0.1) is 12.6 Å². The van der Waals surface area contributed by atoms with Gasteiger partial charge in [0.1, 0.15) is 0 Å². The van der Waals surface area contributed by atoms with E-state index in [2.05, 4.69) is 0 Å². The zero-order valence-electron chi connectivity index (χ0n) is 12.5. The molecule has 0 aliphatic carbocycles. The molecule has 1 aliphatic heterocycles. The summed E-state index contributed by atoms with van der Waals surface area (Å²) in [6, 6.07) is -0.339. The van der Waals surface area contributed by atoms with Crippen molar-refractivity contribution in [2.45, 2.75) is 52.0 Å². The van der Waals surface area contributed by atoms with Crippen LogP contribution in [0.3, 0.4) is 0 Å². The van der Waals surface area contributed by atoms with Crippen LogP contribution in [0, 0.1) is 0 Å². The Morgan fingerprint density at radius 3 is 2.20 bits per heavy atom. The van der Waals surface area contributed by atoms with Gasteiger partial charge in [-0.15, -0.1) is 12.4 Å². The van der Waals surface area contributed by atoms with E-state index in [-0.39, 0.29) is 30.9 Å². The number of carbonyl (C=O) groups is 2. The first kappa shape index (κ1) is 19.2. The lowest BCUT2D eigenvalue weighted by Crippen LogP contribution is -2.49. The van der Waals surface area contributed by atoms with Gasteiger partial charge in [-0.05, 0) is 32.7 Å². The monoisotopic (exact) mass is 306 g/mol. The molecule has 1 heterocycles. The van der Waals surface area contributed by atoms with E-state index in [0.29, 0.717) is 6.54 Å². The summed E-state index contributed by atoms with van der Waals surface area (Å²) < 4.78 is 0. The standard InChI is InChI=1S/C14H26N2O3.ClH/c1-3-8-16(11-13(17)18)12(2)14(19)15-9-6-4-5-7-10-15;/h12H,3-11H2,1-2H3,(H,17,18);1H. The van der Waals surface area contributed by atoms with Crippen LogP contribution in [-0.4, -0.2) is 59.0 Å². The molecule has 0 bridgehead atoms. The summed E-state index contributed by atoms with van der Waals surface area (Å²) in [5.41, 5.74) is 0. The van der Waals surface area contributed by atoms with E-state index in [1.54, 1.807) is 4.90 Å². The second kappa shape index (κ2) is 10.00. The normalized spacial score (nSPS) is 17.2. The quantitative estimate of drug-likeness (QED) is 0.815. The highest BCUT2D eigenvalue weighted by Gasteiger charge is 2.27. The number of nitrogens with zero attached hydrogens (tertiary/aromatic N) is 2. The van der Waals surface area contributed by atoms with Crippen LogP contribution in [0.4, 0.5) is 0 Å². The highest BCUT2D eigenvalue weighted by molar-refractivity contribution is 5.85. The van der Waals surface area contributed by atoms with Crippen LogP contribution in [0.15, 0.2) is 0 Å². The van der Waals surface area contributed by atoms with Gasteiger partial charge < -0.3 is 10.0 Å². The van der Waals surface area contributed by atoms with Crippen LogP contribution in [0.2, 0.25) is 0 Å². The fourth-order valence-electron chi connectivity index (χ4n) is 2.58. The highest BCUT2D eigenvalue weighted by atomic mass is 35.5. The van der Waals surface area contributed by atoms with Crippen molar-refractivity contribution in [1.29, 1.82) is 0 Å². The molecule has 1 N–H and O–H groups in total. The Balaban J connectivity index is 0.00000361. The average molecular weight is 307 g/mol. The molecule has 0 aromatic rings. The van der Waals surface area contributed by atoms with E-state index in [9.17, 15) is 9.59 Å². The third-order valence-corrected chi connectivity index (χ3v) is 3.67. The number of carbonyl (C=O) groups excluding carboxylic acids is 1. The predicted molar refractivity (Wildman–Crippen MR) is 81.3 cm³/mol. The Morgan fingerprint density at radius 2 is 1.75 bits per heavy atom. The Morgan fingerprint density at radius 1 is 1.20 bits per heavy atom. The first-order valence-electron chi connectivity index (χ1n) is 7.31. The average Bonchev–Trinajstić information content (AvgIpc) is 2.64. The molecule has 118 valence electrons. The van der Waals surface area contributed by atoms with E-state index < -0.39 is 5.97 Å². The molecule has 0 saturated carbocycles. The molecule has 6 heteroatoms. The van der Waals surface area contributed by atoms with Gasteiger partial charge in [-0.3, -0.25) is 14.5 Å². The minimum atomic E-state index is -0.871. The van der Waals surface area contributed by atoms with Gasteiger partial charge in [-0.1, -0.05) is 19.8 Å². The maximum Gasteiger partial charge on any atom is 0.317 e. The lowest BCUT2D eigenvalue weighted by molar-refractivity contribution is -0.142. The third-order valence-electron chi connectivity index (χ3n) is 3.67. The molecule has 1 amide bonds. The largest absolute Gasteiger partial charge is 0.480 e. The van der Waals surface area contributed by atoms with E-state index >= 15 is 0 Å². The molecular formula is C14H27ClN2O3. The Bertz CT molecular complexity index is 305. The molecule has 1 atom stereocenters. The molecule has 5 nitrogen and oxygen atoms in total. The number of hydrogen-bond acceptors (Lipinski definition) is 3. The minimum Gasteiger partial charge on any atom is -0.480 e. The van der Waals surface area contributed by atoms with Crippen molar-refractivity contribution >= 4 is 24.3 Å². The molecule has 0 aromatic heterocycles. The van der Waals surface area contributed by atoms with Crippen molar-refractivity contribution in [1.82, 2.24) is 9.80 Å². The molecule has 1 rings (SSSR count). The first-order valence-corrected chi connectivity index (χ1v) is 7.31. The van der Waals surface area contributed by atoms with E-state index in [1.807, 2.05) is 18.7 Å². The summed E-state index contributed by atoms with van der Waals surface area (Å²) in [7, 11) is 0. The highest BCUT2D eigenvalue weighted by Crippen LogP contribution is 2.13. The van der Waals surface area contributed by atoms with Crippen molar-refractivity contribution in [3.8, 4) is 0 Å². The minimum absolute atomic E-state index is 0. The molecule has 1 saturated heterocycles. The molecule has 1 aliphatic rings. The van der Waals surface area contributed by atoms with Gasteiger partial charge >= 0.3 is 5.97 Å². The number of hydrogen-bond donors (Lipinski definition) is 1. The van der Waals surface area contributed by atoms with Gasteiger partial charge in [0.2, 0.25) is 5.91 Å². The van der Waals surface area contributed by atoms with Crippen LogP contribution < -0.4 is 0 Å². The molecular weight excluding hydrogens is 280 g/mol. The molecule has 0 radical (unpaired) electrons. The van der Waals surface area contributed by atoms with Crippen molar-refractivity contribution in [3.63, 3.8) is 0 Å². The van der Waals surface area contributed by atoms with Crippen LogP contribution in [0.25, 0.3) is 0 Å². The van der Waals surface area contributed by atoms with Gasteiger partial charge in [-0.25, -0.2) is 0 Å². The summed E-state index contributed by atoms with van der Waals surface area (Å²) in [5, 5.41) is 8.93. The Hall–Kier alpha value is -0.810. The Kier molecular flexibility index (Phi) is 9.59. The number of carboxylic acids is 1. The second-order valence-electron chi connectivity index (χ2n) is 5.28. The number of amides is 1. The smallest absolute Gasteiger partial charge is 0.317 e. The summed E-state index contributed by atoms with van der Waals surface area (Å²) in [6.07, 6.45) is 5.35. The molecule has 20 heavy (non-hydrogen) atoms. The van der Waals surface area contributed by atoms with E-state index in [0.717, 1.165) is 32.4 Å². The number of halogens is 1. The van der Waals surface area contributed by atoms with E-state index in [1.165, 1.54) is 12.8 Å². The molecule has 0 aromatic carbocycles. The van der Waals surface area contributed by atoms with E-state index in [4.69, 9.17) is 5.11 Å². The van der Waals surface area contributed by atoms with Crippen LogP contribution in [-0.2, 0) is 9.59 Å². The summed E-state index contributed by atoms with van der Waals surface area (Å²) in [4.78, 5) is 27.0. The Labute approximate surface area is 127 Å². The fraction of sp³-hybridized carbons (Fsp3) is 0.857. The number of rotatable bonds is 6. The van der Waals surface area contributed by atoms with Gasteiger partial charge in [0.25, 0.3) is 0 Å². The van der Waals surface area contributed by atoms with Gasteiger partial charge in [-0.2, -0.15) is 0 Å². The summed E-state index contributed by atoms with van der Waals surface area (Å²) in [6.45, 7) is 6.04. The predicted octanol–water partition coefficient (Wildman–Crippen LogP) is 2.00. The van der Waals surface area contributed by atoms with Gasteiger partial charge in [0.15, 0.2) is 0 Å². The van der Waals surface area contributed by atoms with Crippen molar-refractivity contribution < 1.29 is 14.7 Å². The van der Waals surface area contributed by atoms with Crippen LogP contribution in [0.1, 0.15) is 46.0 Å². The number of aliphatic carboxylic acids is 1. The van der Waals surface area contributed by atoms with Crippen LogP contribution in [0.5, 0.6) is 0 Å². The van der Waals surface area contributed by atoms with Crippen molar-refractivity contribution in [2.24, 2.45) is 0 Å². The lowest BCUT2D eigenvalue weighted by atomic mass is 10.2. The maximum absolute atomic E-state index is 12.4. The second-order valence-corrected chi connectivity index (χ2v) is 5.28. The fourth-order valence-corrected chi connectivity index (χ4v) is 2.58. The number of carboxylic acid groups (broad SMARTS) is 1. The zero-order chi connectivity index (χ0) is 14.3. The molecule has 0 spiro atoms. The zero-order valence-corrected chi connectivity index (χ0v) is 13.3. The first-order chi connectivity index (χ1) is 9.06. The molecule has 1 unspecified atom stereocenters. The van der Waals surface area contributed by atoms with Crippen molar-refractivity contribution in [3.05, 3.63) is 0 Å². The SMILES string of the molecule is CCCN(CC(=O)O)C(C)C(=O)N1CCCCCC1.Cl. The van der Waals surface area contributed by atoms with Crippen LogP contribution >= 0.6 is 12.4 Å². The molecule has 1 fully saturated rings. The van der Waals surface area contributed by atoms with Crippen molar-refractivity contribution in [2.75, 3.05) is 26.2 Å². The van der Waals surface area contributed by atoms with Gasteiger partial charge in [0, 0.05) is 13.1 Å².